The molecule has 6 nitrogen and oxygen atoms in total. The Hall–Kier alpha value is -2.86. The van der Waals surface area contributed by atoms with Gasteiger partial charge in [-0.1, -0.05) is 56.6 Å². The van der Waals surface area contributed by atoms with Gasteiger partial charge in [0.05, 0.1) is 30.2 Å². The molecule has 0 fully saturated rings. The van der Waals surface area contributed by atoms with Gasteiger partial charge in [0.25, 0.3) is 5.91 Å². The molecule has 0 saturated heterocycles. The van der Waals surface area contributed by atoms with E-state index in [-0.39, 0.29) is 36.1 Å². The van der Waals surface area contributed by atoms with E-state index in [2.05, 4.69) is 5.32 Å². The molecule has 0 radical (unpaired) electrons. The Morgan fingerprint density at radius 3 is 2.18 bits per heavy atom. The maximum Gasteiger partial charge on any atom is 0.310 e. The number of Topliss-reactive ketones (excluding diaryl/α,β-unsaturated/α-hetero) is 1. The molecule has 2 aromatic carbocycles. The molecule has 1 amide bonds. The van der Waals surface area contributed by atoms with Crippen LogP contribution in [0.15, 0.2) is 42.5 Å². The van der Waals surface area contributed by atoms with Crippen LogP contribution in [0.4, 0.5) is 0 Å². The number of hydrogen-bond acceptors (Lipinski definition) is 5. The Morgan fingerprint density at radius 1 is 0.971 bits per heavy atom. The zero-order chi connectivity index (χ0) is 25.3. The van der Waals surface area contributed by atoms with Gasteiger partial charge < -0.3 is 14.8 Å². The van der Waals surface area contributed by atoms with E-state index in [1.165, 1.54) is 6.07 Å². The number of esters is 1. The Labute approximate surface area is 207 Å². The lowest BCUT2D eigenvalue weighted by Gasteiger charge is -2.18. The highest BCUT2D eigenvalue weighted by atomic mass is 35.5. The molecule has 0 saturated carbocycles. The van der Waals surface area contributed by atoms with Gasteiger partial charge in [-0.2, -0.15) is 0 Å². The molecule has 0 aliphatic rings. The quantitative estimate of drug-likeness (QED) is 0.417. The van der Waals surface area contributed by atoms with Crippen LogP contribution < -0.4 is 10.1 Å². The number of ether oxygens (including phenoxy) is 2. The number of nitrogens with one attached hydrogen (secondary N) is 1. The van der Waals surface area contributed by atoms with E-state index in [1.807, 2.05) is 52.0 Å². The van der Waals surface area contributed by atoms with Crippen LogP contribution in [0.1, 0.15) is 62.5 Å². The van der Waals surface area contributed by atoms with Crippen molar-refractivity contribution >= 4 is 29.3 Å². The van der Waals surface area contributed by atoms with E-state index in [0.717, 1.165) is 11.1 Å². The third kappa shape index (κ3) is 8.82. The minimum atomic E-state index is -0.676. The zero-order valence-corrected chi connectivity index (χ0v) is 21.3. The Balaban J connectivity index is 2.05. The minimum absolute atomic E-state index is 0.0409. The average molecular weight is 488 g/mol. The third-order valence-electron chi connectivity index (χ3n) is 4.99. The van der Waals surface area contributed by atoms with Crippen LogP contribution in [0.25, 0.3) is 0 Å². The van der Waals surface area contributed by atoms with E-state index in [1.54, 1.807) is 19.1 Å². The second-order valence-electron chi connectivity index (χ2n) is 8.93. The first-order valence-corrected chi connectivity index (χ1v) is 12.0. The van der Waals surface area contributed by atoms with Crippen LogP contribution in [-0.2, 0) is 27.2 Å². The van der Waals surface area contributed by atoms with Crippen molar-refractivity contribution in [3.63, 3.8) is 0 Å². The SMILES string of the molecule is CCC(=O)C(Cc1ccc(CC(=O)OCC(C)C)cc1)NC(=O)c1ccc(OC(C)C)c(Cl)c1. The molecule has 0 bridgehead atoms. The molecular formula is C27H34ClNO5. The summed E-state index contributed by atoms with van der Waals surface area (Å²) in [4.78, 5) is 37.3. The largest absolute Gasteiger partial charge is 0.489 e. The molecule has 7 heteroatoms. The monoisotopic (exact) mass is 487 g/mol. The molecule has 1 unspecified atom stereocenters. The lowest BCUT2D eigenvalue weighted by molar-refractivity contribution is -0.143. The van der Waals surface area contributed by atoms with Gasteiger partial charge in [0.2, 0.25) is 0 Å². The van der Waals surface area contributed by atoms with Gasteiger partial charge in [-0.05, 0) is 55.5 Å². The molecule has 184 valence electrons. The van der Waals surface area contributed by atoms with Crippen molar-refractivity contribution in [2.24, 2.45) is 5.92 Å². The summed E-state index contributed by atoms with van der Waals surface area (Å²) in [5.41, 5.74) is 2.06. The van der Waals surface area contributed by atoms with Gasteiger partial charge in [-0.15, -0.1) is 0 Å². The fourth-order valence-corrected chi connectivity index (χ4v) is 3.46. The Morgan fingerprint density at radius 2 is 1.62 bits per heavy atom. The highest BCUT2D eigenvalue weighted by Gasteiger charge is 2.21. The molecule has 2 rings (SSSR count). The van der Waals surface area contributed by atoms with Crippen LogP contribution in [0.2, 0.25) is 5.02 Å². The normalized spacial score (nSPS) is 11.9. The molecule has 0 aliphatic carbocycles. The van der Waals surface area contributed by atoms with Crippen molar-refractivity contribution in [3.8, 4) is 5.75 Å². The topological polar surface area (TPSA) is 81.7 Å². The highest BCUT2D eigenvalue weighted by molar-refractivity contribution is 6.32. The second kappa shape index (κ2) is 13.1. The van der Waals surface area contributed by atoms with Crippen molar-refractivity contribution in [2.45, 2.75) is 66.0 Å². The summed E-state index contributed by atoms with van der Waals surface area (Å²) >= 11 is 6.25. The van der Waals surface area contributed by atoms with Crippen molar-refractivity contribution in [1.29, 1.82) is 0 Å². The summed E-state index contributed by atoms with van der Waals surface area (Å²) < 4.78 is 10.8. The number of carbonyl (C=O) groups is 3. The first-order valence-electron chi connectivity index (χ1n) is 11.6. The summed E-state index contributed by atoms with van der Waals surface area (Å²) in [6.45, 7) is 9.92. The predicted molar refractivity (Wildman–Crippen MR) is 133 cm³/mol. The number of rotatable bonds is 12. The van der Waals surface area contributed by atoms with Gasteiger partial charge in [-0.3, -0.25) is 14.4 Å². The molecule has 1 atom stereocenters. The Bertz CT molecular complexity index is 985. The summed E-state index contributed by atoms with van der Waals surface area (Å²) in [5, 5.41) is 3.17. The van der Waals surface area contributed by atoms with Crippen molar-refractivity contribution in [2.75, 3.05) is 6.61 Å². The van der Waals surface area contributed by atoms with Gasteiger partial charge in [0, 0.05) is 12.0 Å². The van der Waals surface area contributed by atoms with E-state index in [0.29, 0.717) is 35.8 Å². The summed E-state index contributed by atoms with van der Waals surface area (Å²) in [5.74, 6) is 0.0746. The average Bonchev–Trinajstić information content (AvgIpc) is 2.79. The zero-order valence-electron chi connectivity index (χ0n) is 20.5. The third-order valence-corrected chi connectivity index (χ3v) is 5.28. The number of amides is 1. The lowest BCUT2D eigenvalue weighted by atomic mass is 9.99. The minimum Gasteiger partial charge on any atom is -0.489 e. The predicted octanol–water partition coefficient (Wildman–Crippen LogP) is 5.19. The smallest absolute Gasteiger partial charge is 0.310 e. The maximum absolute atomic E-state index is 12.8. The van der Waals surface area contributed by atoms with Gasteiger partial charge in [-0.25, -0.2) is 0 Å². The number of ketones is 1. The van der Waals surface area contributed by atoms with E-state index >= 15 is 0 Å². The first-order chi connectivity index (χ1) is 16.1. The lowest BCUT2D eigenvalue weighted by Crippen LogP contribution is -2.42. The molecule has 0 aromatic heterocycles. The van der Waals surface area contributed by atoms with E-state index in [9.17, 15) is 14.4 Å². The van der Waals surface area contributed by atoms with Crippen molar-refractivity contribution in [3.05, 3.63) is 64.2 Å². The Kier molecular flexibility index (Phi) is 10.6. The standard InChI is InChI=1S/C27H34ClNO5/c1-6-24(30)23(29-27(32)21-11-12-25(22(28)15-21)34-18(4)5)13-19-7-9-20(10-8-19)14-26(31)33-16-17(2)3/h7-12,15,17-18,23H,6,13-14,16H2,1-5H3,(H,29,32). The summed E-state index contributed by atoms with van der Waals surface area (Å²) in [6, 6.07) is 11.5. The van der Waals surface area contributed by atoms with E-state index < -0.39 is 6.04 Å². The van der Waals surface area contributed by atoms with Gasteiger partial charge in [0.15, 0.2) is 5.78 Å². The fraction of sp³-hybridized carbons (Fsp3) is 0.444. The molecule has 34 heavy (non-hydrogen) atoms. The van der Waals surface area contributed by atoms with Gasteiger partial charge in [0.1, 0.15) is 5.75 Å². The molecule has 0 spiro atoms. The number of benzene rings is 2. The molecule has 0 heterocycles. The molecule has 1 N–H and O–H groups in total. The van der Waals surface area contributed by atoms with Gasteiger partial charge >= 0.3 is 5.97 Å². The van der Waals surface area contributed by atoms with E-state index in [4.69, 9.17) is 21.1 Å². The van der Waals surface area contributed by atoms with Crippen molar-refractivity contribution < 1.29 is 23.9 Å². The van der Waals surface area contributed by atoms with Crippen molar-refractivity contribution in [1.82, 2.24) is 5.32 Å². The first kappa shape index (κ1) is 27.4. The molecular weight excluding hydrogens is 454 g/mol. The summed E-state index contributed by atoms with van der Waals surface area (Å²) in [6.07, 6.45) is 0.796. The molecule has 2 aromatic rings. The number of hydrogen-bond donors (Lipinski definition) is 1. The fourth-order valence-electron chi connectivity index (χ4n) is 3.23. The van der Waals surface area contributed by atoms with Crippen LogP contribution in [0.3, 0.4) is 0 Å². The second-order valence-corrected chi connectivity index (χ2v) is 9.34. The number of carbonyl (C=O) groups excluding carboxylic acids is 3. The van der Waals surface area contributed by atoms with Crippen LogP contribution >= 0.6 is 11.6 Å². The highest BCUT2D eigenvalue weighted by Crippen LogP contribution is 2.26. The van der Waals surface area contributed by atoms with Crippen LogP contribution in [0.5, 0.6) is 5.75 Å². The maximum atomic E-state index is 12.8. The van der Waals surface area contributed by atoms with Crippen LogP contribution in [-0.4, -0.2) is 36.4 Å². The number of halogens is 1. The van der Waals surface area contributed by atoms with Crippen LogP contribution in [0, 0.1) is 5.92 Å². The summed E-state index contributed by atoms with van der Waals surface area (Å²) in [7, 11) is 0. The molecule has 0 aliphatic heterocycles.